The van der Waals surface area contributed by atoms with Gasteiger partial charge in [0.15, 0.2) is 0 Å². The predicted octanol–water partition coefficient (Wildman–Crippen LogP) is 3.44. The summed E-state index contributed by atoms with van der Waals surface area (Å²) in [4.78, 5) is 4.20. The molecule has 1 aromatic heterocycles. The largest absolute Gasteiger partial charge is 0.381 e. The van der Waals surface area contributed by atoms with Gasteiger partial charge in [-0.05, 0) is 53.2 Å². The van der Waals surface area contributed by atoms with Crippen LogP contribution in [-0.2, 0) is 0 Å². The van der Waals surface area contributed by atoms with Gasteiger partial charge in [0.2, 0.25) is 0 Å². The minimum absolute atomic E-state index is 0.637. The topological polar surface area (TPSA) is 24.9 Å². The first kappa shape index (κ1) is 9.97. The Morgan fingerprint density at radius 2 is 2.36 bits per heavy atom. The van der Waals surface area contributed by atoms with Crippen LogP contribution >= 0.6 is 15.9 Å². The highest BCUT2D eigenvalue weighted by Gasteiger charge is 2.29. The van der Waals surface area contributed by atoms with E-state index in [9.17, 15) is 0 Å². The lowest BCUT2D eigenvalue weighted by molar-refractivity contribution is 0.616. The van der Waals surface area contributed by atoms with Crippen molar-refractivity contribution in [2.24, 2.45) is 5.92 Å². The summed E-state index contributed by atoms with van der Waals surface area (Å²) in [5.74, 6) is 0.892. The van der Waals surface area contributed by atoms with Crippen LogP contribution in [0, 0.1) is 5.92 Å². The number of nitrogens with one attached hydrogen (secondary N) is 1. The molecule has 0 radical (unpaired) electrons. The third kappa shape index (κ3) is 2.47. The first-order chi connectivity index (χ1) is 6.79. The quantitative estimate of drug-likeness (QED) is 0.833. The zero-order chi connectivity index (χ0) is 9.97. The number of nitrogens with zero attached hydrogens (tertiary/aromatic N) is 1. The van der Waals surface area contributed by atoms with Gasteiger partial charge in [0.25, 0.3) is 0 Å². The number of rotatable bonds is 4. The Bertz CT molecular complexity index is 293. The molecule has 1 aromatic rings. The monoisotopic (exact) mass is 254 g/mol. The Labute approximate surface area is 93.3 Å². The van der Waals surface area contributed by atoms with Gasteiger partial charge in [0, 0.05) is 6.04 Å². The normalized spacial score (nSPS) is 17.9. The fraction of sp³-hybridized carbons (Fsp3) is 0.545. The number of anilines is 1. The summed E-state index contributed by atoms with van der Waals surface area (Å²) in [5.41, 5.74) is 1.13. The van der Waals surface area contributed by atoms with Gasteiger partial charge in [-0.25, -0.2) is 4.98 Å². The van der Waals surface area contributed by atoms with Crippen LogP contribution in [0.4, 0.5) is 5.69 Å². The fourth-order valence-electron chi connectivity index (χ4n) is 1.73. The first-order valence-corrected chi connectivity index (χ1v) is 5.97. The van der Waals surface area contributed by atoms with Crippen molar-refractivity contribution in [2.45, 2.75) is 32.2 Å². The van der Waals surface area contributed by atoms with Crippen molar-refractivity contribution in [2.75, 3.05) is 5.32 Å². The van der Waals surface area contributed by atoms with Crippen molar-refractivity contribution < 1.29 is 0 Å². The molecular formula is C11H15BrN2. The highest BCUT2D eigenvalue weighted by atomic mass is 79.9. The molecule has 1 atom stereocenters. The molecule has 0 aliphatic heterocycles. The van der Waals surface area contributed by atoms with Gasteiger partial charge in [0.05, 0.1) is 11.9 Å². The zero-order valence-electron chi connectivity index (χ0n) is 8.33. The number of aromatic nitrogens is 1. The summed E-state index contributed by atoms with van der Waals surface area (Å²) in [6.07, 6.45) is 5.85. The molecule has 2 nitrogen and oxygen atoms in total. The Kier molecular flexibility index (Phi) is 3.06. The van der Waals surface area contributed by atoms with Crippen LogP contribution in [-0.4, -0.2) is 11.0 Å². The standard InChI is InChI=1S/C11H15BrN2/c1-2-10(8-3-4-8)14-9-5-6-11(12)13-7-9/h5-8,10,14H,2-4H2,1H3. The second kappa shape index (κ2) is 4.30. The lowest BCUT2D eigenvalue weighted by Crippen LogP contribution is -2.20. The van der Waals surface area contributed by atoms with Gasteiger partial charge in [-0.3, -0.25) is 0 Å². The molecule has 1 heterocycles. The molecule has 0 spiro atoms. The third-order valence-corrected chi connectivity index (χ3v) is 3.18. The third-order valence-electron chi connectivity index (χ3n) is 2.71. The van der Waals surface area contributed by atoms with Gasteiger partial charge in [-0.1, -0.05) is 6.92 Å². The van der Waals surface area contributed by atoms with Gasteiger partial charge in [-0.2, -0.15) is 0 Å². The van der Waals surface area contributed by atoms with E-state index in [-0.39, 0.29) is 0 Å². The molecule has 1 saturated carbocycles. The molecule has 1 N–H and O–H groups in total. The van der Waals surface area contributed by atoms with Gasteiger partial charge in [-0.15, -0.1) is 0 Å². The van der Waals surface area contributed by atoms with Crippen LogP contribution in [0.1, 0.15) is 26.2 Å². The van der Waals surface area contributed by atoms with Crippen LogP contribution < -0.4 is 5.32 Å². The SMILES string of the molecule is CCC(Nc1ccc(Br)nc1)C1CC1. The maximum Gasteiger partial charge on any atom is 0.106 e. The van der Waals surface area contributed by atoms with E-state index in [2.05, 4.69) is 39.2 Å². The number of halogens is 1. The van der Waals surface area contributed by atoms with Gasteiger partial charge < -0.3 is 5.32 Å². The Balaban J connectivity index is 1.98. The van der Waals surface area contributed by atoms with Crippen LogP contribution in [0.25, 0.3) is 0 Å². The second-order valence-electron chi connectivity index (χ2n) is 3.87. The van der Waals surface area contributed by atoms with Crippen LogP contribution in [0.5, 0.6) is 0 Å². The molecule has 1 fully saturated rings. The fourth-order valence-corrected chi connectivity index (χ4v) is 1.96. The highest BCUT2D eigenvalue weighted by Crippen LogP contribution is 2.35. The molecule has 2 rings (SSSR count). The molecule has 1 unspecified atom stereocenters. The summed E-state index contributed by atoms with van der Waals surface area (Å²) in [6, 6.07) is 4.68. The van der Waals surface area contributed by atoms with E-state index >= 15 is 0 Å². The molecule has 0 aromatic carbocycles. The molecule has 76 valence electrons. The minimum Gasteiger partial charge on any atom is -0.381 e. The predicted molar refractivity (Wildman–Crippen MR) is 62.4 cm³/mol. The van der Waals surface area contributed by atoms with E-state index in [0.29, 0.717) is 6.04 Å². The summed E-state index contributed by atoms with van der Waals surface area (Å²) < 4.78 is 0.891. The molecule has 1 aliphatic rings. The molecule has 0 saturated heterocycles. The summed E-state index contributed by atoms with van der Waals surface area (Å²) in [6.45, 7) is 2.24. The van der Waals surface area contributed by atoms with Gasteiger partial charge in [0.1, 0.15) is 4.60 Å². The van der Waals surface area contributed by atoms with Crippen molar-refractivity contribution >= 4 is 21.6 Å². The number of pyridine rings is 1. The average molecular weight is 255 g/mol. The highest BCUT2D eigenvalue weighted by molar-refractivity contribution is 9.10. The van der Waals surface area contributed by atoms with E-state index in [1.54, 1.807) is 0 Å². The maximum absolute atomic E-state index is 4.20. The van der Waals surface area contributed by atoms with E-state index < -0.39 is 0 Å². The molecule has 14 heavy (non-hydrogen) atoms. The summed E-state index contributed by atoms with van der Waals surface area (Å²) >= 11 is 3.33. The van der Waals surface area contributed by atoms with Crippen molar-refractivity contribution in [1.29, 1.82) is 0 Å². The minimum atomic E-state index is 0.637. The summed E-state index contributed by atoms with van der Waals surface area (Å²) in [5, 5.41) is 3.53. The van der Waals surface area contributed by atoms with E-state index in [1.165, 1.54) is 19.3 Å². The van der Waals surface area contributed by atoms with Gasteiger partial charge >= 0.3 is 0 Å². The second-order valence-corrected chi connectivity index (χ2v) is 4.68. The lowest BCUT2D eigenvalue weighted by atomic mass is 10.1. The average Bonchev–Trinajstić information content (AvgIpc) is 3.01. The van der Waals surface area contributed by atoms with Crippen molar-refractivity contribution in [3.8, 4) is 0 Å². The molecule has 1 aliphatic carbocycles. The van der Waals surface area contributed by atoms with Crippen LogP contribution in [0.15, 0.2) is 22.9 Å². The van der Waals surface area contributed by atoms with Crippen molar-refractivity contribution in [1.82, 2.24) is 4.98 Å². The molecule has 3 heteroatoms. The van der Waals surface area contributed by atoms with Crippen molar-refractivity contribution in [3.63, 3.8) is 0 Å². The number of hydrogen-bond acceptors (Lipinski definition) is 2. The van der Waals surface area contributed by atoms with Crippen LogP contribution in [0.2, 0.25) is 0 Å². The Morgan fingerprint density at radius 1 is 1.57 bits per heavy atom. The molecule has 0 amide bonds. The smallest absolute Gasteiger partial charge is 0.106 e. The lowest BCUT2D eigenvalue weighted by Gasteiger charge is -2.17. The summed E-state index contributed by atoms with van der Waals surface area (Å²) in [7, 11) is 0. The van der Waals surface area contributed by atoms with E-state index in [4.69, 9.17) is 0 Å². The van der Waals surface area contributed by atoms with Crippen molar-refractivity contribution in [3.05, 3.63) is 22.9 Å². The molecular weight excluding hydrogens is 240 g/mol. The van der Waals surface area contributed by atoms with Crippen LogP contribution in [0.3, 0.4) is 0 Å². The molecule has 0 bridgehead atoms. The zero-order valence-corrected chi connectivity index (χ0v) is 9.92. The number of hydrogen-bond donors (Lipinski definition) is 1. The van der Waals surface area contributed by atoms with E-state index in [1.807, 2.05) is 12.3 Å². The first-order valence-electron chi connectivity index (χ1n) is 5.17. The maximum atomic E-state index is 4.20. The Hall–Kier alpha value is -0.570. The van der Waals surface area contributed by atoms with E-state index in [0.717, 1.165) is 16.2 Å². The Morgan fingerprint density at radius 3 is 2.86 bits per heavy atom.